The van der Waals surface area contributed by atoms with Gasteiger partial charge in [0.25, 0.3) is 0 Å². The van der Waals surface area contributed by atoms with Crippen molar-refractivity contribution >= 4 is 55.5 Å². The molecule has 0 unspecified atom stereocenters. The summed E-state index contributed by atoms with van der Waals surface area (Å²) >= 11 is 6.60. The topological polar surface area (TPSA) is 84.8 Å². The van der Waals surface area contributed by atoms with Crippen LogP contribution in [-0.2, 0) is 20.8 Å². The molecule has 0 bridgehead atoms. The fourth-order valence-corrected chi connectivity index (χ4v) is 4.41. The number of fused-ring (bicyclic) bond motifs is 1. The number of sulfone groups is 1. The van der Waals surface area contributed by atoms with E-state index in [0.29, 0.717) is 16.5 Å². The van der Waals surface area contributed by atoms with Crippen LogP contribution in [-0.4, -0.2) is 37.5 Å². The van der Waals surface area contributed by atoms with Crippen LogP contribution in [0, 0.1) is 0 Å². The summed E-state index contributed by atoms with van der Waals surface area (Å²) in [6.45, 7) is 1.62. The third kappa shape index (κ3) is 5.72. The van der Waals surface area contributed by atoms with Gasteiger partial charge in [0.2, 0.25) is 5.91 Å². The van der Waals surface area contributed by atoms with Crippen molar-refractivity contribution < 1.29 is 31.1 Å². The molecule has 1 N–H and O–H groups in total. The fraction of sp³-hybridized carbons (Fsp3) is 0.263. The summed E-state index contributed by atoms with van der Waals surface area (Å²) in [6, 6.07) is 7.46. The van der Waals surface area contributed by atoms with Crippen molar-refractivity contribution in [2.24, 2.45) is 4.99 Å². The van der Waals surface area contributed by atoms with Crippen LogP contribution in [0.3, 0.4) is 0 Å². The predicted molar refractivity (Wildman–Crippen MR) is 114 cm³/mol. The van der Waals surface area contributed by atoms with Crippen LogP contribution in [0.1, 0.15) is 12.5 Å². The molecule has 2 aromatic carbocycles. The molecule has 166 valence electrons. The molecule has 6 nitrogen and oxygen atoms in total. The Morgan fingerprint density at radius 3 is 2.68 bits per heavy atom. The van der Waals surface area contributed by atoms with Crippen molar-refractivity contribution in [3.63, 3.8) is 0 Å². The van der Waals surface area contributed by atoms with Gasteiger partial charge in [-0.05, 0) is 36.4 Å². The van der Waals surface area contributed by atoms with Gasteiger partial charge in [0.05, 0.1) is 27.0 Å². The van der Waals surface area contributed by atoms with E-state index in [1.807, 2.05) is 0 Å². The first-order valence-corrected chi connectivity index (χ1v) is 11.9. The van der Waals surface area contributed by atoms with E-state index in [4.69, 9.17) is 16.3 Å². The molecule has 0 saturated carbocycles. The lowest BCUT2D eigenvalue weighted by atomic mass is 10.2. The summed E-state index contributed by atoms with van der Waals surface area (Å²) in [6.07, 6.45) is -4.64. The molecule has 0 spiro atoms. The molecule has 0 atom stereocenters. The van der Waals surface area contributed by atoms with Gasteiger partial charge in [-0.1, -0.05) is 30.3 Å². The van der Waals surface area contributed by atoms with Crippen molar-refractivity contribution in [1.29, 1.82) is 0 Å². The Hall–Kier alpha value is -2.24. The van der Waals surface area contributed by atoms with E-state index in [1.165, 1.54) is 31.2 Å². The molecule has 3 rings (SSSR count). The molecule has 0 saturated heterocycles. The molecule has 0 radical (unpaired) electrons. The van der Waals surface area contributed by atoms with Crippen LogP contribution in [0.25, 0.3) is 0 Å². The Morgan fingerprint density at radius 2 is 2.00 bits per heavy atom. The number of nitrogens with zero attached hydrogens (tertiary/aromatic N) is 1. The number of benzene rings is 2. The van der Waals surface area contributed by atoms with Crippen molar-refractivity contribution in [2.45, 2.75) is 18.0 Å². The number of hydrogen-bond donors (Lipinski definition) is 1. The highest BCUT2D eigenvalue weighted by molar-refractivity contribution is 8.14. The molecule has 0 fully saturated rings. The zero-order valence-electron chi connectivity index (χ0n) is 16.0. The number of carbonyl (C=O) groups excluding carboxylic acids is 1. The van der Waals surface area contributed by atoms with Gasteiger partial charge in [-0.25, -0.2) is 13.4 Å². The summed E-state index contributed by atoms with van der Waals surface area (Å²) in [5, 5.41) is 2.35. The first kappa shape index (κ1) is 23.4. The average Bonchev–Trinajstić information content (AvgIpc) is 2.72. The maximum absolute atomic E-state index is 12.9. The summed E-state index contributed by atoms with van der Waals surface area (Å²) in [5.74, 6) is -0.311. The van der Waals surface area contributed by atoms with E-state index in [9.17, 15) is 26.4 Å². The predicted octanol–water partition coefficient (Wildman–Crippen LogP) is 4.95. The smallest absolute Gasteiger partial charge is 0.417 e. The summed E-state index contributed by atoms with van der Waals surface area (Å²) in [7, 11) is -3.41. The quantitative estimate of drug-likeness (QED) is 0.638. The van der Waals surface area contributed by atoms with Crippen molar-refractivity contribution in [3.8, 4) is 5.75 Å². The molecule has 1 aliphatic heterocycles. The van der Waals surface area contributed by atoms with Gasteiger partial charge >= 0.3 is 6.18 Å². The number of aliphatic imine (C=N–C) groups is 1. The summed E-state index contributed by atoms with van der Waals surface area (Å²) in [4.78, 5) is 16.6. The minimum atomic E-state index is -4.64. The molecular formula is C19H16ClF3N2O4S2. The molecule has 2 aromatic rings. The number of hydrogen-bond acceptors (Lipinski definition) is 6. The maximum Gasteiger partial charge on any atom is 0.417 e. The van der Waals surface area contributed by atoms with Crippen LogP contribution in [0.2, 0.25) is 5.02 Å². The molecule has 0 aromatic heterocycles. The Bertz CT molecular complexity index is 1150. The standard InChI is InChI=1S/C19H16ClF3N2O4S2/c1-2-31(27,28)12-4-6-16-15(8-12)25-18(9-29-16)30-10-17(26)24-11-3-5-14(20)13(7-11)19(21,22)23/h3-8H,2,9-10H2,1H3,(H,24,26). The largest absolute Gasteiger partial charge is 0.484 e. The maximum atomic E-state index is 12.9. The summed E-state index contributed by atoms with van der Waals surface area (Å²) in [5.41, 5.74) is -0.751. The SMILES string of the molecule is CCS(=O)(=O)c1ccc2c(c1)N=C(SCC(=O)Nc1ccc(Cl)c(C(F)(F)F)c1)CO2. The number of rotatable bonds is 5. The minimum absolute atomic E-state index is 0.0380. The van der Waals surface area contributed by atoms with E-state index in [2.05, 4.69) is 10.3 Å². The Morgan fingerprint density at radius 1 is 1.26 bits per heavy atom. The lowest BCUT2D eigenvalue weighted by molar-refractivity contribution is -0.137. The van der Waals surface area contributed by atoms with Crippen molar-refractivity contribution in [3.05, 3.63) is 47.0 Å². The normalized spacial score (nSPS) is 13.8. The fourth-order valence-electron chi connectivity index (χ4n) is 2.61. The van der Waals surface area contributed by atoms with E-state index in [-0.39, 0.29) is 28.7 Å². The molecule has 1 heterocycles. The second-order valence-electron chi connectivity index (χ2n) is 6.36. The second kappa shape index (κ2) is 9.09. The van der Waals surface area contributed by atoms with E-state index < -0.39 is 32.5 Å². The third-order valence-electron chi connectivity index (χ3n) is 4.19. The highest BCUT2D eigenvalue weighted by Crippen LogP contribution is 2.37. The molecule has 1 aliphatic rings. The third-order valence-corrected chi connectivity index (χ3v) is 7.20. The van der Waals surface area contributed by atoms with Gasteiger partial charge < -0.3 is 10.1 Å². The van der Waals surface area contributed by atoms with Crippen LogP contribution in [0.4, 0.5) is 24.5 Å². The minimum Gasteiger partial charge on any atom is -0.484 e. The number of amides is 1. The lowest BCUT2D eigenvalue weighted by Gasteiger charge is -2.17. The van der Waals surface area contributed by atoms with Gasteiger partial charge in [0, 0.05) is 5.69 Å². The van der Waals surface area contributed by atoms with Crippen molar-refractivity contribution in [2.75, 3.05) is 23.4 Å². The average molecular weight is 493 g/mol. The number of nitrogens with one attached hydrogen (secondary N) is 1. The van der Waals surface area contributed by atoms with E-state index in [0.717, 1.165) is 23.9 Å². The monoisotopic (exact) mass is 492 g/mol. The Balaban J connectivity index is 1.67. The second-order valence-corrected chi connectivity index (χ2v) is 10.1. The molecular weight excluding hydrogens is 477 g/mol. The Labute approximate surface area is 185 Å². The number of thioether (sulfide) groups is 1. The van der Waals surface area contributed by atoms with Crippen LogP contribution < -0.4 is 10.1 Å². The zero-order chi connectivity index (χ0) is 22.8. The lowest BCUT2D eigenvalue weighted by Crippen LogP contribution is -2.19. The van der Waals surface area contributed by atoms with E-state index >= 15 is 0 Å². The first-order chi connectivity index (χ1) is 14.5. The summed E-state index contributed by atoms with van der Waals surface area (Å²) < 4.78 is 68.4. The zero-order valence-corrected chi connectivity index (χ0v) is 18.4. The molecule has 31 heavy (non-hydrogen) atoms. The van der Waals surface area contributed by atoms with Gasteiger partial charge in [0.1, 0.15) is 23.1 Å². The Kier molecular flexibility index (Phi) is 6.87. The van der Waals surface area contributed by atoms with Gasteiger partial charge in [-0.3, -0.25) is 4.79 Å². The first-order valence-electron chi connectivity index (χ1n) is 8.86. The molecule has 1 amide bonds. The van der Waals surface area contributed by atoms with Gasteiger partial charge in [0.15, 0.2) is 9.84 Å². The van der Waals surface area contributed by atoms with Crippen LogP contribution >= 0.6 is 23.4 Å². The number of ether oxygens (including phenoxy) is 1. The number of alkyl halides is 3. The van der Waals surface area contributed by atoms with Crippen LogP contribution in [0.5, 0.6) is 5.75 Å². The van der Waals surface area contributed by atoms with Gasteiger partial charge in [-0.15, -0.1) is 0 Å². The molecule has 12 heteroatoms. The van der Waals surface area contributed by atoms with Gasteiger partial charge in [-0.2, -0.15) is 13.2 Å². The highest BCUT2D eigenvalue weighted by Gasteiger charge is 2.33. The number of anilines is 1. The van der Waals surface area contributed by atoms with Crippen LogP contribution in [0.15, 0.2) is 46.3 Å². The molecule has 0 aliphatic carbocycles. The number of halogens is 4. The number of carbonyl (C=O) groups is 1. The van der Waals surface area contributed by atoms with E-state index in [1.54, 1.807) is 0 Å². The highest BCUT2D eigenvalue weighted by atomic mass is 35.5. The van der Waals surface area contributed by atoms with Crippen molar-refractivity contribution in [1.82, 2.24) is 0 Å².